The molecule has 0 spiro atoms. The molecule has 90 valence electrons. The van der Waals surface area contributed by atoms with E-state index in [4.69, 9.17) is 0 Å². The molecule has 0 amide bonds. The Bertz CT molecular complexity index is 168. The number of nitrogens with one attached hydrogen (secondary N) is 1. The smallest absolute Gasteiger partial charge is 0.0195 e. The first-order valence-corrected chi connectivity index (χ1v) is 6.25. The zero-order valence-electron chi connectivity index (χ0n) is 10.8. The van der Waals surface area contributed by atoms with Crippen LogP contribution in [0.2, 0.25) is 0 Å². The third-order valence-corrected chi connectivity index (χ3v) is 3.20. The topological polar surface area (TPSA) is 18.5 Å². The lowest BCUT2D eigenvalue weighted by Crippen LogP contribution is -2.51. The number of hydrogen-bond acceptors (Lipinski definition) is 3. The average Bonchev–Trinajstić information content (AvgIpc) is 2.17. The van der Waals surface area contributed by atoms with Crippen LogP contribution in [0.1, 0.15) is 26.7 Å². The predicted octanol–water partition coefficient (Wildman–Crippen LogP) is 1.01. The van der Waals surface area contributed by atoms with Crippen molar-refractivity contribution in [3.05, 3.63) is 0 Å². The van der Waals surface area contributed by atoms with Gasteiger partial charge in [-0.1, -0.05) is 6.92 Å². The Morgan fingerprint density at radius 3 is 2.80 bits per heavy atom. The van der Waals surface area contributed by atoms with Crippen LogP contribution in [0.25, 0.3) is 0 Å². The fourth-order valence-corrected chi connectivity index (χ4v) is 2.51. The Balaban J connectivity index is 2.34. The second-order valence-electron chi connectivity index (χ2n) is 5.00. The first-order chi connectivity index (χ1) is 7.13. The molecule has 1 aliphatic rings. The highest BCUT2D eigenvalue weighted by Gasteiger charge is 2.22. The molecule has 1 heterocycles. The van der Waals surface area contributed by atoms with E-state index in [2.05, 4.69) is 43.1 Å². The maximum Gasteiger partial charge on any atom is 0.0195 e. The van der Waals surface area contributed by atoms with Gasteiger partial charge in [0, 0.05) is 25.2 Å². The summed E-state index contributed by atoms with van der Waals surface area (Å²) in [6.07, 6.45) is 2.69. The van der Waals surface area contributed by atoms with Crippen molar-refractivity contribution in [1.82, 2.24) is 15.1 Å². The molecule has 1 fully saturated rings. The minimum Gasteiger partial charge on any atom is -0.313 e. The summed E-state index contributed by atoms with van der Waals surface area (Å²) >= 11 is 0. The Hall–Kier alpha value is -0.120. The molecule has 3 heteroatoms. The fourth-order valence-electron chi connectivity index (χ4n) is 2.51. The van der Waals surface area contributed by atoms with Crippen LogP contribution in [0.4, 0.5) is 0 Å². The molecule has 1 rings (SSSR count). The van der Waals surface area contributed by atoms with Gasteiger partial charge in [0.1, 0.15) is 0 Å². The summed E-state index contributed by atoms with van der Waals surface area (Å²) in [5.41, 5.74) is 0. The molecular formula is C12H27N3. The maximum absolute atomic E-state index is 3.57. The molecule has 1 saturated heterocycles. The summed E-state index contributed by atoms with van der Waals surface area (Å²) in [5.74, 6) is 0. The highest BCUT2D eigenvalue weighted by molar-refractivity contribution is 4.81. The second-order valence-corrected chi connectivity index (χ2v) is 5.00. The molecule has 0 radical (unpaired) electrons. The van der Waals surface area contributed by atoms with Crippen LogP contribution in [0.3, 0.4) is 0 Å². The normalized spacial score (nSPS) is 25.8. The molecule has 3 nitrogen and oxygen atoms in total. The molecule has 0 aromatic heterocycles. The second kappa shape index (κ2) is 6.46. The van der Waals surface area contributed by atoms with Crippen molar-refractivity contribution in [3.63, 3.8) is 0 Å². The Kier molecular flexibility index (Phi) is 5.58. The van der Waals surface area contributed by atoms with Crippen molar-refractivity contribution in [2.24, 2.45) is 0 Å². The third kappa shape index (κ3) is 4.49. The molecule has 2 unspecified atom stereocenters. The van der Waals surface area contributed by atoms with Gasteiger partial charge in [0.25, 0.3) is 0 Å². The number of rotatable bonds is 5. The van der Waals surface area contributed by atoms with Crippen LogP contribution < -0.4 is 5.32 Å². The van der Waals surface area contributed by atoms with Gasteiger partial charge in [-0.3, -0.25) is 4.90 Å². The quantitative estimate of drug-likeness (QED) is 0.735. The van der Waals surface area contributed by atoms with Crippen LogP contribution in [-0.4, -0.2) is 62.2 Å². The molecule has 1 aliphatic heterocycles. The van der Waals surface area contributed by atoms with Crippen molar-refractivity contribution in [3.8, 4) is 0 Å². The first-order valence-electron chi connectivity index (χ1n) is 6.25. The number of likely N-dealkylation sites (N-methyl/N-ethyl adjacent to an activating group) is 2. The summed E-state index contributed by atoms with van der Waals surface area (Å²) in [7, 11) is 4.31. The van der Waals surface area contributed by atoms with Crippen LogP contribution in [0.5, 0.6) is 0 Å². The zero-order chi connectivity index (χ0) is 11.3. The molecule has 0 saturated carbocycles. The van der Waals surface area contributed by atoms with Crippen molar-refractivity contribution in [2.75, 3.05) is 40.3 Å². The van der Waals surface area contributed by atoms with Gasteiger partial charge in [-0.25, -0.2) is 0 Å². The van der Waals surface area contributed by atoms with Crippen molar-refractivity contribution >= 4 is 0 Å². The van der Waals surface area contributed by atoms with Crippen LogP contribution in [-0.2, 0) is 0 Å². The molecule has 0 aromatic carbocycles. The van der Waals surface area contributed by atoms with Gasteiger partial charge in [0.05, 0.1) is 0 Å². The SMILES string of the molecule is CCNC1CCCN(C(C)CN(C)C)C1. The summed E-state index contributed by atoms with van der Waals surface area (Å²) < 4.78 is 0. The van der Waals surface area contributed by atoms with E-state index in [0.29, 0.717) is 12.1 Å². The van der Waals surface area contributed by atoms with Crippen molar-refractivity contribution < 1.29 is 0 Å². The maximum atomic E-state index is 3.57. The molecule has 2 atom stereocenters. The molecule has 15 heavy (non-hydrogen) atoms. The summed E-state index contributed by atoms with van der Waals surface area (Å²) in [6.45, 7) is 9.30. The van der Waals surface area contributed by atoms with E-state index in [0.717, 1.165) is 6.54 Å². The van der Waals surface area contributed by atoms with Gasteiger partial charge in [-0.2, -0.15) is 0 Å². The van der Waals surface area contributed by atoms with E-state index in [1.165, 1.54) is 32.5 Å². The minimum absolute atomic E-state index is 0.682. The summed E-state index contributed by atoms with van der Waals surface area (Å²) in [5, 5.41) is 3.57. The molecule has 0 aromatic rings. The molecule has 0 aliphatic carbocycles. The van der Waals surface area contributed by atoms with Gasteiger partial charge in [-0.05, 0) is 47.0 Å². The average molecular weight is 213 g/mol. The van der Waals surface area contributed by atoms with Crippen molar-refractivity contribution in [2.45, 2.75) is 38.8 Å². The van der Waals surface area contributed by atoms with Gasteiger partial charge in [0.15, 0.2) is 0 Å². The van der Waals surface area contributed by atoms with Crippen LogP contribution in [0, 0.1) is 0 Å². The van der Waals surface area contributed by atoms with Crippen molar-refractivity contribution in [1.29, 1.82) is 0 Å². The predicted molar refractivity (Wildman–Crippen MR) is 66.3 cm³/mol. The molecule has 0 bridgehead atoms. The van der Waals surface area contributed by atoms with E-state index in [1.807, 2.05) is 0 Å². The zero-order valence-corrected chi connectivity index (χ0v) is 10.8. The number of nitrogens with zero attached hydrogens (tertiary/aromatic N) is 2. The highest BCUT2D eigenvalue weighted by Crippen LogP contribution is 2.13. The number of likely N-dealkylation sites (tertiary alicyclic amines) is 1. The monoisotopic (exact) mass is 213 g/mol. The lowest BCUT2D eigenvalue weighted by Gasteiger charge is -2.38. The Labute approximate surface area is 94.8 Å². The van der Waals surface area contributed by atoms with Gasteiger partial charge < -0.3 is 10.2 Å². The van der Waals surface area contributed by atoms with Crippen LogP contribution >= 0.6 is 0 Å². The Morgan fingerprint density at radius 2 is 2.20 bits per heavy atom. The number of hydrogen-bond donors (Lipinski definition) is 1. The highest BCUT2D eigenvalue weighted by atomic mass is 15.2. The fraction of sp³-hybridized carbons (Fsp3) is 1.00. The van der Waals surface area contributed by atoms with Gasteiger partial charge in [0.2, 0.25) is 0 Å². The Morgan fingerprint density at radius 1 is 1.47 bits per heavy atom. The lowest BCUT2D eigenvalue weighted by atomic mass is 10.0. The molecular weight excluding hydrogens is 186 g/mol. The summed E-state index contributed by atoms with van der Waals surface area (Å²) in [6, 6.07) is 1.40. The van der Waals surface area contributed by atoms with E-state index in [9.17, 15) is 0 Å². The number of piperidine rings is 1. The largest absolute Gasteiger partial charge is 0.313 e. The van der Waals surface area contributed by atoms with Gasteiger partial charge >= 0.3 is 0 Å². The molecule has 1 N–H and O–H groups in total. The van der Waals surface area contributed by atoms with E-state index >= 15 is 0 Å². The first kappa shape index (κ1) is 12.9. The van der Waals surface area contributed by atoms with E-state index in [-0.39, 0.29) is 0 Å². The third-order valence-electron chi connectivity index (χ3n) is 3.20. The van der Waals surface area contributed by atoms with Crippen LogP contribution in [0.15, 0.2) is 0 Å². The van der Waals surface area contributed by atoms with Gasteiger partial charge in [-0.15, -0.1) is 0 Å². The standard InChI is InChI=1S/C12H27N3/c1-5-13-12-7-6-8-15(10-12)11(2)9-14(3)4/h11-13H,5-10H2,1-4H3. The summed E-state index contributed by atoms with van der Waals surface area (Å²) in [4.78, 5) is 4.90. The minimum atomic E-state index is 0.682. The van der Waals surface area contributed by atoms with E-state index < -0.39 is 0 Å². The van der Waals surface area contributed by atoms with E-state index in [1.54, 1.807) is 0 Å². The lowest BCUT2D eigenvalue weighted by molar-refractivity contribution is 0.126.